The first kappa shape index (κ1) is 15.2. The zero-order valence-corrected chi connectivity index (χ0v) is 11.9. The third-order valence-corrected chi connectivity index (χ3v) is 2.73. The normalized spacial score (nSPS) is 12.8. The van der Waals surface area contributed by atoms with Gasteiger partial charge >= 0.3 is 5.97 Å². The van der Waals surface area contributed by atoms with Gasteiger partial charge in [-0.2, -0.15) is 0 Å². The molecule has 3 N–H and O–H groups in total. The van der Waals surface area contributed by atoms with E-state index in [0.717, 1.165) is 12.2 Å². The van der Waals surface area contributed by atoms with Crippen molar-refractivity contribution in [1.29, 1.82) is 0 Å². The van der Waals surface area contributed by atoms with Crippen molar-refractivity contribution >= 4 is 17.6 Å². The zero-order chi connectivity index (χ0) is 14.5. The van der Waals surface area contributed by atoms with Crippen LogP contribution in [0.2, 0.25) is 0 Å². The van der Waals surface area contributed by atoms with Crippen LogP contribution in [0, 0.1) is 0 Å². The summed E-state index contributed by atoms with van der Waals surface area (Å²) in [5, 5.41) is 15.2. The molecule has 19 heavy (non-hydrogen) atoms. The number of anilines is 2. The lowest BCUT2D eigenvalue weighted by molar-refractivity contribution is -0.137. The molecule has 0 saturated carbocycles. The second-order valence-electron chi connectivity index (χ2n) is 5.32. The van der Waals surface area contributed by atoms with E-state index in [2.05, 4.69) is 34.4 Å². The van der Waals surface area contributed by atoms with Gasteiger partial charge in [0, 0.05) is 17.6 Å². The topological polar surface area (TPSA) is 87.1 Å². The fourth-order valence-electron chi connectivity index (χ4n) is 1.63. The predicted molar refractivity (Wildman–Crippen MR) is 75.4 cm³/mol. The molecule has 0 radical (unpaired) electrons. The maximum Gasteiger partial charge on any atom is 0.305 e. The van der Waals surface area contributed by atoms with Gasteiger partial charge in [0.25, 0.3) is 0 Å². The minimum atomic E-state index is -0.843. The van der Waals surface area contributed by atoms with E-state index >= 15 is 0 Å². The van der Waals surface area contributed by atoms with Gasteiger partial charge in [-0.05, 0) is 27.2 Å². The van der Waals surface area contributed by atoms with Crippen LogP contribution < -0.4 is 10.6 Å². The number of hydrogen-bond donors (Lipinski definition) is 3. The Balaban J connectivity index is 2.74. The molecule has 0 saturated heterocycles. The molecule has 0 fully saturated rings. The molecule has 0 aliphatic heterocycles. The first-order chi connectivity index (χ1) is 8.82. The number of aromatic nitrogens is 2. The number of nitrogens with one attached hydrogen (secondary N) is 2. The summed E-state index contributed by atoms with van der Waals surface area (Å²) >= 11 is 0. The van der Waals surface area contributed by atoms with Crippen molar-refractivity contribution in [3.8, 4) is 0 Å². The Morgan fingerprint density at radius 3 is 2.63 bits per heavy atom. The molecular formula is C13H22N4O2. The molecule has 0 aliphatic rings. The lowest BCUT2D eigenvalue weighted by atomic mass is 10.0. The Labute approximate surface area is 113 Å². The van der Waals surface area contributed by atoms with E-state index in [-0.39, 0.29) is 6.42 Å². The lowest BCUT2D eigenvalue weighted by Crippen LogP contribution is -2.34. The van der Waals surface area contributed by atoms with Crippen molar-refractivity contribution in [2.45, 2.75) is 52.1 Å². The zero-order valence-electron chi connectivity index (χ0n) is 11.9. The quantitative estimate of drug-likeness (QED) is 0.702. The van der Waals surface area contributed by atoms with E-state index in [1.165, 1.54) is 6.33 Å². The molecule has 1 rings (SSSR count). The van der Waals surface area contributed by atoms with E-state index in [9.17, 15) is 4.79 Å². The van der Waals surface area contributed by atoms with Gasteiger partial charge in [-0.1, -0.05) is 6.92 Å². The maximum atomic E-state index is 10.8. The summed E-state index contributed by atoms with van der Waals surface area (Å²) in [6, 6.07) is 2.12. The summed E-state index contributed by atoms with van der Waals surface area (Å²) in [5.41, 5.74) is -0.562. The van der Waals surface area contributed by atoms with Gasteiger partial charge in [0.2, 0.25) is 0 Å². The van der Waals surface area contributed by atoms with Gasteiger partial charge < -0.3 is 15.7 Å². The van der Waals surface area contributed by atoms with E-state index < -0.39 is 11.5 Å². The predicted octanol–water partition coefficient (Wildman–Crippen LogP) is 2.35. The van der Waals surface area contributed by atoms with Crippen LogP contribution in [0.1, 0.15) is 40.5 Å². The molecule has 0 amide bonds. The molecule has 6 heteroatoms. The van der Waals surface area contributed by atoms with Gasteiger partial charge in [-0.15, -0.1) is 0 Å². The van der Waals surface area contributed by atoms with Gasteiger partial charge in [0.05, 0.1) is 6.42 Å². The second-order valence-corrected chi connectivity index (χ2v) is 5.32. The van der Waals surface area contributed by atoms with Crippen LogP contribution in [0.4, 0.5) is 11.6 Å². The fraction of sp³-hybridized carbons (Fsp3) is 0.615. The van der Waals surface area contributed by atoms with Crippen LogP contribution in [0.5, 0.6) is 0 Å². The van der Waals surface area contributed by atoms with Crippen LogP contribution in [0.25, 0.3) is 0 Å². The summed E-state index contributed by atoms with van der Waals surface area (Å²) in [6.45, 7) is 7.81. The molecule has 1 aromatic rings. The van der Waals surface area contributed by atoms with Crippen LogP contribution in [-0.4, -0.2) is 32.6 Å². The Morgan fingerprint density at radius 1 is 1.42 bits per heavy atom. The Bertz CT molecular complexity index is 434. The minimum Gasteiger partial charge on any atom is -0.481 e. The largest absolute Gasteiger partial charge is 0.481 e. The fourth-order valence-corrected chi connectivity index (χ4v) is 1.63. The second kappa shape index (κ2) is 6.36. The van der Waals surface area contributed by atoms with E-state index in [1.807, 2.05) is 13.8 Å². The van der Waals surface area contributed by atoms with Crippen molar-refractivity contribution in [3.63, 3.8) is 0 Å². The third kappa shape index (κ3) is 5.54. The number of aliphatic carboxylic acids is 1. The molecule has 0 aliphatic carbocycles. The van der Waals surface area contributed by atoms with Crippen molar-refractivity contribution in [2.75, 3.05) is 10.6 Å². The van der Waals surface area contributed by atoms with Gasteiger partial charge in [-0.25, -0.2) is 9.97 Å². The average molecular weight is 266 g/mol. The molecule has 0 bridgehead atoms. The lowest BCUT2D eigenvalue weighted by Gasteiger charge is -2.25. The monoisotopic (exact) mass is 266 g/mol. The standard InChI is InChI=1S/C13H22N4O2/c1-5-9(2)16-10-6-11(15-8-14-10)17-13(3,4)7-12(18)19/h6,8-9H,5,7H2,1-4H3,(H,18,19)(H2,14,15,16,17). The smallest absolute Gasteiger partial charge is 0.305 e. The molecule has 1 atom stereocenters. The van der Waals surface area contributed by atoms with E-state index in [4.69, 9.17) is 5.11 Å². The van der Waals surface area contributed by atoms with Gasteiger partial charge in [0.1, 0.15) is 18.0 Å². The average Bonchev–Trinajstić information content (AvgIpc) is 2.26. The Morgan fingerprint density at radius 2 is 2.05 bits per heavy atom. The molecular weight excluding hydrogens is 244 g/mol. The highest BCUT2D eigenvalue weighted by Gasteiger charge is 2.22. The van der Waals surface area contributed by atoms with Crippen molar-refractivity contribution in [3.05, 3.63) is 12.4 Å². The number of hydrogen-bond acceptors (Lipinski definition) is 5. The first-order valence-electron chi connectivity index (χ1n) is 6.41. The van der Waals surface area contributed by atoms with Crippen LogP contribution in [-0.2, 0) is 4.79 Å². The maximum absolute atomic E-state index is 10.8. The highest BCUT2D eigenvalue weighted by molar-refractivity contribution is 5.69. The first-order valence-corrected chi connectivity index (χ1v) is 6.41. The number of carboxylic acids is 1. The highest BCUT2D eigenvalue weighted by Crippen LogP contribution is 2.18. The SMILES string of the molecule is CCC(C)Nc1cc(NC(C)(C)CC(=O)O)ncn1. The number of rotatable bonds is 7. The Kier molecular flexibility index (Phi) is 5.09. The molecule has 1 aromatic heterocycles. The van der Waals surface area contributed by atoms with Crippen molar-refractivity contribution in [1.82, 2.24) is 9.97 Å². The number of nitrogens with zero attached hydrogens (tertiary/aromatic N) is 2. The van der Waals surface area contributed by atoms with Crippen LogP contribution in [0.3, 0.4) is 0 Å². The summed E-state index contributed by atoms with van der Waals surface area (Å²) in [6.07, 6.45) is 2.48. The highest BCUT2D eigenvalue weighted by atomic mass is 16.4. The van der Waals surface area contributed by atoms with Crippen LogP contribution in [0.15, 0.2) is 12.4 Å². The molecule has 1 unspecified atom stereocenters. The van der Waals surface area contributed by atoms with E-state index in [0.29, 0.717) is 11.9 Å². The molecule has 1 heterocycles. The van der Waals surface area contributed by atoms with Crippen molar-refractivity contribution in [2.24, 2.45) is 0 Å². The van der Waals surface area contributed by atoms with Gasteiger partial charge in [0.15, 0.2) is 0 Å². The summed E-state index contributed by atoms with van der Waals surface area (Å²) in [5.74, 6) is 0.509. The third-order valence-electron chi connectivity index (χ3n) is 2.73. The molecule has 6 nitrogen and oxygen atoms in total. The summed E-state index contributed by atoms with van der Waals surface area (Å²) in [7, 11) is 0. The summed E-state index contributed by atoms with van der Waals surface area (Å²) in [4.78, 5) is 19.0. The summed E-state index contributed by atoms with van der Waals surface area (Å²) < 4.78 is 0. The molecule has 106 valence electrons. The van der Waals surface area contributed by atoms with Gasteiger partial charge in [-0.3, -0.25) is 4.79 Å². The van der Waals surface area contributed by atoms with E-state index in [1.54, 1.807) is 6.07 Å². The van der Waals surface area contributed by atoms with Crippen molar-refractivity contribution < 1.29 is 9.90 Å². The number of carbonyl (C=O) groups is 1. The Hall–Kier alpha value is -1.85. The minimum absolute atomic E-state index is 0.0190. The van der Waals surface area contributed by atoms with Crippen LogP contribution >= 0.6 is 0 Å². The molecule has 0 spiro atoms. The molecule has 0 aromatic carbocycles. The number of carboxylic acid groups (broad SMARTS) is 1.